The molecule has 2 unspecified atom stereocenters. The third-order valence-electron chi connectivity index (χ3n) is 3.30. The Bertz CT molecular complexity index is 484. The van der Waals surface area contributed by atoms with Gasteiger partial charge in [0.1, 0.15) is 11.1 Å². The van der Waals surface area contributed by atoms with Crippen LogP contribution in [0.3, 0.4) is 0 Å². The number of carboxylic acids is 1. The summed E-state index contributed by atoms with van der Waals surface area (Å²) < 4.78 is 6.60. The summed E-state index contributed by atoms with van der Waals surface area (Å²) in [6.45, 7) is 1.86. The van der Waals surface area contributed by atoms with Gasteiger partial charge in [-0.05, 0) is 13.0 Å². The van der Waals surface area contributed by atoms with Crippen LogP contribution in [0.2, 0.25) is 0 Å². The number of amides is 1. The molecule has 0 spiro atoms. The van der Waals surface area contributed by atoms with Gasteiger partial charge in [-0.15, -0.1) is 0 Å². The highest BCUT2D eigenvalue weighted by Crippen LogP contribution is 2.28. The summed E-state index contributed by atoms with van der Waals surface area (Å²) in [5.41, 5.74) is -0.705. The summed E-state index contributed by atoms with van der Waals surface area (Å²) >= 11 is 0. The molecule has 7 heteroatoms. The number of rotatable bonds is 3. The number of carboxylic acid groups (broad SMARTS) is 1. The van der Waals surface area contributed by atoms with Crippen molar-refractivity contribution < 1.29 is 19.4 Å². The molecule has 7 nitrogen and oxygen atoms in total. The van der Waals surface area contributed by atoms with Gasteiger partial charge in [0.05, 0.1) is 19.3 Å². The Morgan fingerprint density at radius 1 is 1.67 bits per heavy atom. The van der Waals surface area contributed by atoms with Gasteiger partial charge in [-0.25, -0.2) is 0 Å². The van der Waals surface area contributed by atoms with Crippen molar-refractivity contribution in [3.63, 3.8) is 0 Å². The fourth-order valence-electron chi connectivity index (χ4n) is 1.91. The minimum Gasteiger partial charge on any atom is -0.481 e. The number of ether oxygens (including phenoxy) is 1. The van der Waals surface area contributed by atoms with E-state index in [0.717, 1.165) is 0 Å². The molecular weight excluding hydrogens is 238 g/mol. The number of hydrogen-bond donors (Lipinski definition) is 2. The zero-order chi connectivity index (χ0) is 13.3. The Labute approximate surface area is 104 Å². The van der Waals surface area contributed by atoms with E-state index in [2.05, 4.69) is 10.4 Å². The molecule has 0 saturated carbocycles. The highest BCUT2D eigenvalue weighted by Gasteiger charge is 2.47. The smallest absolute Gasteiger partial charge is 0.313 e. The van der Waals surface area contributed by atoms with E-state index in [-0.39, 0.29) is 19.1 Å². The van der Waals surface area contributed by atoms with Gasteiger partial charge in [0, 0.05) is 13.2 Å². The lowest BCUT2D eigenvalue weighted by Crippen LogP contribution is -2.50. The van der Waals surface area contributed by atoms with Crippen LogP contribution >= 0.6 is 0 Å². The fraction of sp³-hybridized carbons (Fsp3) is 0.545. The van der Waals surface area contributed by atoms with Gasteiger partial charge >= 0.3 is 5.97 Å². The van der Waals surface area contributed by atoms with Crippen LogP contribution in [0.15, 0.2) is 12.3 Å². The van der Waals surface area contributed by atoms with Gasteiger partial charge in [-0.2, -0.15) is 5.10 Å². The van der Waals surface area contributed by atoms with E-state index in [4.69, 9.17) is 4.74 Å². The first-order valence-electron chi connectivity index (χ1n) is 5.55. The monoisotopic (exact) mass is 253 g/mol. The summed E-state index contributed by atoms with van der Waals surface area (Å²) in [7, 11) is 1.65. The average molecular weight is 253 g/mol. The Kier molecular flexibility index (Phi) is 3.08. The second kappa shape index (κ2) is 4.41. The number of carbonyl (C=O) groups is 2. The van der Waals surface area contributed by atoms with Crippen LogP contribution in [0.25, 0.3) is 0 Å². The maximum atomic E-state index is 12.0. The van der Waals surface area contributed by atoms with Crippen LogP contribution in [0.4, 0.5) is 0 Å². The maximum Gasteiger partial charge on any atom is 0.313 e. The van der Waals surface area contributed by atoms with Crippen LogP contribution in [-0.4, -0.2) is 46.0 Å². The number of carbonyl (C=O) groups excluding carboxylic acids is 1. The normalized spacial score (nSPS) is 27.1. The minimum atomic E-state index is -1.09. The Morgan fingerprint density at radius 2 is 2.39 bits per heavy atom. The highest BCUT2D eigenvalue weighted by atomic mass is 16.5. The molecule has 2 heterocycles. The molecule has 0 aromatic carbocycles. The van der Waals surface area contributed by atoms with Gasteiger partial charge in [0.2, 0.25) is 0 Å². The van der Waals surface area contributed by atoms with E-state index in [1.54, 1.807) is 20.0 Å². The van der Waals surface area contributed by atoms with Crippen molar-refractivity contribution in [2.24, 2.45) is 12.5 Å². The third-order valence-corrected chi connectivity index (χ3v) is 3.30. The van der Waals surface area contributed by atoms with Crippen molar-refractivity contribution in [1.82, 2.24) is 15.1 Å². The summed E-state index contributed by atoms with van der Waals surface area (Å²) in [5.74, 6) is -1.33. The predicted molar refractivity (Wildman–Crippen MR) is 61.0 cm³/mol. The van der Waals surface area contributed by atoms with Gasteiger partial charge in [-0.3, -0.25) is 14.3 Å². The zero-order valence-corrected chi connectivity index (χ0v) is 10.2. The standard InChI is InChI=1S/C11H15N3O4/c1-11(10(16)17)6-18-5-8(11)13-9(15)7-3-4-12-14(7)2/h3-4,8H,5-6H2,1-2H3,(H,13,15)(H,16,17). The molecule has 2 N–H and O–H groups in total. The molecule has 1 aromatic rings. The molecular formula is C11H15N3O4. The number of aliphatic carboxylic acids is 1. The Morgan fingerprint density at radius 3 is 2.94 bits per heavy atom. The van der Waals surface area contributed by atoms with Crippen molar-refractivity contribution in [2.75, 3.05) is 13.2 Å². The lowest BCUT2D eigenvalue weighted by molar-refractivity contribution is -0.148. The summed E-state index contributed by atoms with van der Waals surface area (Å²) in [4.78, 5) is 23.2. The van der Waals surface area contributed by atoms with Crippen molar-refractivity contribution in [2.45, 2.75) is 13.0 Å². The van der Waals surface area contributed by atoms with Crippen molar-refractivity contribution in [3.8, 4) is 0 Å². The largest absolute Gasteiger partial charge is 0.481 e. The first kappa shape index (κ1) is 12.6. The van der Waals surface area contributed by atoms with Gasteiger partial charge < -0.3 is 15.2 Å². The average Bonchev–Trinajstić information content (AvgIpc) is 2.87. The first-order chi connectivity index (χ1) is 8.45. The number of nitrogens with one attached hydrogen (secondary N) is 1. The van der Waals surface area contributed by atoms with Crippen molar-refractivity contribution in [1.29, 1.82) is 0 Å². The van der Waals surface area contributed by atoms with Gasteiger partial charge in [-0.1, -0.05) is 0 Å². The summed E-state index contributed by atoms with van der Waals surface area (Å²) in [6.07, 6.45) is 1.51. The van der Waals surface area contributed by atoms with E-state index in [9.17, 15) is 14.7 Å². The minimum absolute atomic E-state index is 0.0959. The predicted octanol–water partition coefficient (Wildman–Crippen LogP) is -0.360. The molecule has 2 rings (SSSR count). The number of hydrogen-bond acceptors (Lipinski definition) is 4. The molecule has 1 aliphatic rings. The van der Waals surface area contributed by atoms with Crippen molar-refractivity contribution in [3.05, 3.63) is 18.0 Å². The quantitative estimate of drug-likeness (QED) is 0.767. The number of aryl methyl sites for hydroxylation is 1. The SMILES string of the molecule is Cn1nccc1C(=O)NC1COCC1(C)C(=O)O. The molecule has 1 fully saturated rings. The first-order valence-corrected chi connectivity index (χ1v) is 5.55. The molecule has 0 aliphatic carbocycles. The van der Waals surface area contributed by atoms with Gasteiger partial charge in [0.25, 0.3) is 5.91 Å². The van der Waals surface area contributed by atoms with E-state index in [0.29, 0.717) is 5.69 Å². The molecule has 0 bridgehead atoms. The van der Waals surface area contributed by atoms with E-state index >= 15 is 0 Å². The Hall–Kier alpha value is -1.89. The fourth-order valence-corrected chi connectivity index (χ4v) is 1.91. The highest BCUT2D eigenvalue weighted by molar-refractivity contribution is 5.93. The topological polar surface area (TPSA) is 93.5 Å². The molecule has 2 atom stereocenters. The lowest BCUT2D eigenvalue weighted by Gasteiger charge is -2.25. The van der Waals surface area contributed by atoms with Gasteiger partial charge in [0.15, 0.2) is 0 Å². The van der Waals surface area contributed by atoms with Crippen LogP contribution < -0.4 is 5.32 Å². The summed E-state index contributed by atoms with van der Waals surface area (Å²) in [6, 6.07) is 1.03. The van der Waals surface area contributed by atoms with Crippen LogP contribution in [0.5, 0.6) is 0 Å². The molecule has 18 heavy (non-hydrogen) atoms. The molecule has 1 aliphatic heterocycles. The van der Waals surface area contributed by atoms with E-state index in [1.807, 2.05) is 0 Å². The van der Waals surface area contributed by atoms with Crippen molar-refractivity contribution >= 4 is 11.9 Å². The lowest BCUT2D eigenvalue weighted by atomic mass is 9.85. The second-order valence-corrected chi connectivity index (χ2v) is 4.60. The number of nitrogens with zero attached hydrogens (tertiary/aromatic N) is 2. The second-order valence-electron chi connectivity index (χ2n) is 4.60. The maximum absolute atomic E-state index is 12.0. The number of aromatic nitrogens is 2. The molecule has 1 aromatic heterocycles. The summed E-state index contributed by atoms with van der Waals surface area (Å²) in [5, 5.41) is 15.8. The molecule has 1 saturated heterocycles. The Balaban J connectivity index is 2.13. The molecule has 0 radical (unpaired) electrons. The molecule has 98 valence electrons. The zero-order valence-electron chi connectivity index (χ0n) is 10.2. The van der Waals surface area contributed by atoms with Crippen LogP contribution in [-0.2, 0) is 16.6 Å². The van der Waals surface area contributed by atoms with E-state index in [1.165, 1.54) is 10.9 Å². The van der Waals surface area contributed by atoms with Crippen LogP contribution in [0.1, 0.15) is 17.4 Å². The third kappa shape index (κ3) is 1.97. The van der Waals surface area contributed by atoms with Crippen LogP contribution in [0, 0.1) is 5.41 Å². The molecule has 1 amide bonds. The van der Waals surface area contributed by atoms with E-state index < -0.39 is 17.4 Å².